The van der Waals surface area contributed by atoms with E-state index in [4.69, 9.17) is 9.47 Å². The second-order valence-electron chi connectivity index (χ2n) is 10.1. The lowest BCUT2D eigenvalue weighted by atomic mass is 9.92. The zero-order valence-electron chi connectivity index (χ0n) is 24.7. The number of nitrogens with zero attached hydrogens (tertiary/aromatic N) is 2. The van der Waals surface area contributed by atoms with Gasteiger partial charge in [0.15, 0.2) is 11.6 Å². The molecule has 0 amide bonds. The van der Waals surface area contributed by atoms with Gasteiger partial charge in [-0.1, -0.05) is 18.2 Å². The third-order valence-electron chi connectivity index (χ3n) is 7.09. The number of fused-ring (bicyclic) bond motifs is 1. The molecule has 1 aliphatic carbocycles. The first kappa shape index (κ1) is 32.5. The van der Waals surface area contributed by atoms with Crippen LogP contribution in [0.3, 0.4) is 0 Å². The van der Waals surface area contributed by atoms with Gasteiger partial charge in [-0.3, -0.25) is 0 Å². The predicted molar refractivity (Wildman–Crippen MR) is 164 cm³/mol. The third kappa shape index (κ3) is 10.1. The number of aromatic hydroxyl groups is 1. The molecule has 216 valence electrons. The number of phenols is 1. The average molecular weight is 549 g/mol. The summed E-state index contributed by atoms with van der Waals surface area (Å²) in [6.07, 6.45) is 12.9. The van der Waals surface area contributed by atoms with E-state index in [9.17, 15) is 9.50 Å². The van der Waals surface area contributed by atoms with Crippen LogP contribution in [0, 0.1) is 18.7 Å². The number of methoxy groups -OCH3 is 1. The monoisotopic (exact) mass is 548 g/mol. The fraction of sp³-hybridized carbons (Fsp3) is 0.412. The molecule has 0 unspecified atom stereocenters. The van der Waals surface area contributed by atoms with E-state index >= 15 is 0 Å². The Morgan fingerprint density at radius 3 is 2.35 bits per heavy atom. The van der Waals surface area contributed by atoms with Crippen LogP contribution in [0.25, 0.3) is 0 Å². The lowest BCUT2D eigenvalue weighted by molar-refractivity contribution is 0.204. The Kier molecular flexibility index (Phi) is 13.9. The molecule has 3 aromatic carbocycles. The number of hydrogen-bond donors (Lipinski definition) is 1. The predicted octanol–water partition coefficient (Wildman–Crippen LogP) is 7.10. The van der Waals surface area contributed by atoms with Crippen molar-refractivity contribution in [1.29, 1.82) is 0 Å². The molecule has 1 aliphatic rings. The Morgan fingerprint density at radius 1 is 0.975 bits per heavy atom. The summed E-state index contributed by atoms with van der Waals surface area (Å²) >= 11 is 0. The molecule has 3 aromatic rings. The highest BCUT2D eigenvalue weighted by atomic mass is 19.1. The third-order valence-corrected chi connectivity index (χ3v) is 7.09. The summed E-state index contributed by atoms with van der Waals surface area (Å²) in [6, 6.07) is 19.3. The number of benzene rings is 3. The molecule has 0 saturated heterocycles. The van der Waals surface area contributed by atoms with E-state index in [0.717, 1.165) is 36.5 Å². The van der Waals surface area contributed by atoms with Crippen LogP contribution in [0.15, 0.2) is 60.7 Å². The van der Waals surface area contributed by atoms with Crippen LogP contribution in [0.1, 0.15) is 50.3 Å². The molecule has 5 nitrogen and oxygen atoms in total. The van der Waals surface area contributed by atoms with Crippen LogP contribution in [0.4, 0.5) is 10.1 Å². The van der Waals surface area contributed by atoms with Gasteiger partial charge in [0.2, 0.25) is 0 Å². The van der Waals surface area contributed by atoms with Crippen molar-refractivity contribution in [3.63, 3.8) is 0 Å². The van der Waals surface area contributed by atoms with Crippen molar-refractivity contribution in [3.05, 3.63) is 83.2 Å². The van der Waals surface area contributed by atoms with Crippen LogP contribution in [-0.4, -0.2) is 49.9 Å². The number of aryl methyl sites for hydroxylation is 2. The minimum atomic E-state index is -0.318. The first-order chi connectivity index (χ1) is 19.3. The Bertz CT molecular complexity index is 1190. The lowest BCUT2D eigenvalue weighted by Crippen LogP contribution is -2.30. The maximum absolute atomic E-state index is 14.4. The molecule has 0 aliphatic heterocycles. The van der Waals surface area contributed by atoms with Crippen molar-refractivity contribution in [2.75, 3.05) is 38.8 Å². The summed E-state index contributed by atoms with van der Waals surface area (Å²) in [7, 11) is 3.69. The number of likely N-dealkylation sites (N-methyl/N-ethyl adjacent to an activating group) is 1. The first-order valence-corrected chi connectivity index (χ1v) is 13.9. The largest absolute Gasteiger partial charge is 0.508 e. The van der Waals surface area contributed by atoms with Gasteiger partial charge in [0, 0.05) is 37.4 Å². The van der Waals surface area contributed by atoms with Crippen LogP contribution in [-0.2, 0) is 19.4 Å². The number of terminal acetylenes is 1. The van der Waals surface area contributed by atoms with Crippen molar-refractivity contribution in [2.24, 2.45) is 0 Å². The number of phenolic OH excluding ortho intramolecular Hbond substituents is 1. The van der Waals surface area contributed by atoms with Crippen molar-refractivity contribution < 1.29 is 19.0 Å². The Morgan fingerprint density at radius 2 is 1.70 bits per heavy atom. The van der Waals surface area contributed by atoms with Gasteiger partial charge in [-0.25, -0.2) is 4.39 Å². The van der Waals surface area contributed by atoms with E-state index in [-0.39, 0.29) is 5.82 Å². The van der Waals surface area contributed by atoms with Gasteiger partial charge in [-0.15, -0.1) is 12.8 Å². The summed E-state index contributed by atoms with van der Waals surface area (Å²) in [5.74, 6) is 1.21. The number of ether oxygens (including phenoxy) is 2. The molecule has 0 spiro atoms. The molecule has 0 atom stereocenters. The Labute approximate surface area is 240 Å². The minimum absolute atomic E-state index is 0.306. The average Bonchev–Trinajstić information content (AvgIpc) is 2.98. The van der Waals surface area contributed by atoms with Gasteiger partial charge in [0.25, 0.3) is 0 Å². The van der Waals surface area contributed by atoms with E-state index in [1.54, 1.807) is 25.3 Å². The van der Waals surface area contributed by atoms with E-state index < -0.39 is 0 Å². The molecule has 4 rings (SSSR count). The Hall–Kier alpha value is -3.69. The van der Waals surface area contributed by atoms with Crippen molar-refractivity contribution >= 4 is 5.69 Å². The minimum Gasteiger partial charge on any atom is -0.508 e. The number of anilines is 1. The normalized spacial score (nSPS) is 11.9. The number of hydrogen-bond acceptors (Lipinski definition) is 5. The number of halogens is 1. The highest BCUT2D eigenvalue weighted by Crippen LogP contribution is 2.25. The molecule has 1 N–H and O–H groups in total. The molecule has 6 heteroatoms. The summed E-state index contributed by atoms with van der Waals surface area (Å²) in [6.45, 7) is 8.99. The molecular weight excluding hydrogens is 503 g/mol. The summed E-state index contributed by atoms with van der Waals surface area (Å²) < 4.78 is 25.3. The summed E-state index contributed by atoms with van der Waals surface area (Å²) in [5.41, 5.74) is 4.73. The van der Waals surface area contributed by atoms with Gasteiger partial charge >= 0.3 is 0 Å². The molecule has 0 bridgehead atoms. The SMILES string of the molecule is C#C.CCN(Cc1ccc(OCCN(C)C(C)C)c(F)c1)c1cccc(OC)c1.Oc1ccc2c(c1)CCCC2. The first-order valence-electron chi connectivity index (χ1n) is 13.9. The smallest absolute Gasteiger partial charge is 0.165 e. The second-order valence-corrected chi connectivity index (χ2v) is 10.1. The topological polar surface area (TPSA) is 45.2 Å². The quantitative estimate of drug-likeness (QED) is 0.274. The summed E-state index contributed by atoms with van der Waals surface area (Å²) in [5, 5.41) is 9.19. The van der Waals surface area contributed by atoms with E-state index in [1.807, 2.05) is 49.5 Å². The van der Waals surface area contributed by atoms with Gasteiger partial charge < -0.3 is 24.4 Å². The number of rotatable bonds is 10. The lowest BCUT2D eigenvalue weighted by Gasteiger charge is -2.24. The van der Waals surface area contributed by atoms with Crippen LogP contribution in [0.5, 0.6) is 17.2 Å². The van der Waals surface area contributed by atoms with Crippen molar-refractivity contribution in [2.45, 2.75) is 59.0 Å². The highest BCUT2D eigenvalue weighted by molar-refractivity contribution is 5.51. The fourth-order valence-corrected chi connectivity index (χ4v) is 4.45. The second kappa shape index (κ2) is 17.1. The van der Waals surface area contributed by atoms with Crippen molar-refractivity contribution in [3.8, 4) is 30.1 Å². The van der Waals surface area contributed by atoms with Gasteiger partial charge in [-0.2, -0.15) is 0 Å². The molecular formula is C34H45FN2O3. The molecule has 40 heavy (non-hydrogen) atoms. The van der Waals surface area contributed by atoms with E-state index in [2.05, 4.69) is 43.4 Å². The maximum atomic E-state index is 14.4. The Balaban J connectivity index is 0.000000355. The van der Waals surface area contributed by atoms with Crippen LogP contribution >= 0.6 is 0 Å². The molecule has 0 fully saturated rings. The highest BCUT2D eigenvalue weighted by Gasteiger charge is 2.11. The van der Waals surface area contributed by atoms with E-state index in [1.165, 1.54) is 30.4 Å². The fourth-order valence-electron chi connectivity index (χ4n) is 4.45. The van der Waals surface area contributed by atoms with Gasteiger partial charge in [-0.05, 0) is 107 Å². The van der Waals surface area contributed by atoms with E-state index in [0.29, 0.717) is 30.7 Å². The molecule has 0 aromatic heterocycles. The zero-order valence-corrected chi connectivity index (χ0v) is 24.7. The standard InChI is InChI=1S/C22H31FN2O2.C10H12O.C2H2/c1-6-25(19-8-7-9-20(15-19)26-5)16-18-10-11-22(21(23)14-18)27-13-12-24(4)17(2)3;11-10-6-5-8-3-1-2-4-9(8)7-10;1-2/h7-11,14-15,17H,6,12-13,16H2,1-5H3;5-7,11H,1-4H2;1-2H. The molecule has 0 heterocycles. The van der Waals surface area contributed by atoms with Gasteiger partial charge in [0.05, 0.1) is 7.11 Å². The van der Waals surface area contributed by atoms with Crippen molar-refractivity contribution in [1.82, 2.24) is 4.90 Å². The van der Waals surface area contributed by atoms with Crippen LogP contribution in [0.2, 0.25) is 0 Å². The summed E-state index contributed by atoms with van der Waals surface area (Å²) in [4.78, 5) is 4.34. The van der Waals surface area contributed by atoms with Crippen LogP contribution < -0.4 is 14.4 Å². The van der Waals surface area contributed by atoms with Gasteiger partial charge in [0.1, 0.15) is 18.1 Å². The maximum Gasteiger partial charge on any atom is 0.165 e. The zero-order chi connectivity index (χ0) is 29.5. The molecule has 0 radical (unpaired) electrons. The molecule has 0 saturated carbocycles.